The Morgan fingerprint density at radius 1 is 0.394 bits per heavy atom. The predicted octanol–water partition coefficient (Wildman–Crippen LogP) is 3.27. The Bertz CT molecular complexity index is 615. The third kappa shape index (κ3) is 5.30. The van der Waals surface area contributed by atoms with Crippen molar-refractivity contribution >= 4 is 0 Å². The quantitative estimate of drug-likeness (QED) is 0.619. The summed E-state index contributed by atoms with van der Waals surface area (Å²) >= 11 is 0. The maximum Gasteiger partial charge on any atom is 0.0862 e. The number of hydrogen-bond donors (Lipinski definition) is 2. The van der Waals surface area contributed by atoms with Crippen LogP contribution in [-0.2, 0) is 23.7 Å². The molecule has 5 aliphatic heterocycles. The molecule has 0 amide bonds. The summed E-state index contributed by atoms with van der Waals surface area (Å²) in [6, 6.07) is 0. The third-order valence-corrected chi connectivity index (χ3v) is 8.60. The first-order valence-electron chi connectivity index (χ1n) is 13.3. The van der Waals surface area contributed by atoms with Crippen molar-refractivity contribution in [1.29, 1.82) is 0 Å². The Morgan fingerprint density at radius 2 is 0.606 bits per heavy atom. The van der Waals surface area contributed by atoms with Gasteiger partial charge in [-0.05, 0) is 91.9 Å². The van der Waals surface area contributed by atoms with E-state index in [2.05, 4.69) is 0 Å². The van der Waals surface area contributed by atoms with Gasteiger partial charge in [-0.1, -0.05) is 0 Å². The average molecular weight is 469 g/mol. The van der Waals surface area contributed by atoms with Crippen LogP contribution < -0.4 is 0 Å². The molecule has 5 saturated heterocycles. The normalized spacial score (nSPS) is 47.1. The lowest BCUT2D eigenvalue weighted by molar-refractivity contribution is -0.148. The molecule has 0 bridgehead atoms. The van der Waals surface area contributed by atoms with Crippen molar-refractivity contribution in [2.45, 2.75) is 164 Å². The van der Waals surface area contributed by atoms with Crippen molar-refractivity contribution in [3.63, 3.8) is 0 Å². The molecule has 7 nitrogen and oxygen atoms in total. The molecule has 0 aliphatic carbocycles. The summed E-state index contributed by atoms with van der Waals surface area (Å²) in [6.45, 7) is 7.30. The summed E-state index contributed by atoms with van der Waals surface area (Å²) < 4.78 is 31.7. The molecule has 2 N–H and O–H groups in total. The van der Waals surface area contributed by atoms with Gasteiger partial charge in [0, 0.05) is 0 Å². The summed E-state index contributed by atoms with van der Waals surface area (Å²) in [5, 5.41) is 20.5. The van der Waals surface area contributed by atoms with Gasteiger partial charge in [-0.25, -0.2) is 0 Å². The van der Waals surface area contributed by atoms with Gasteiger partial charge in [0.15, 0.2) is 0 Å². The van der Waals surface area contributed by atoms with E-state index >= 15 is 0 Å². The first-order chi connectivity index (χ1) is 15.6. The minimum Gasteiger partial charge on any atom is -0.388 e. The van der Waals surface area contributed by atoms with Crippen LogP contribution in [0, 0.1) is 0 Å². The van der Waals surface area contributed by atoms with Crippen LogP contribution in [0.4, 0.5) is 0 Å². The predicted molar refractivity (Wildman–Crippen MR) is 122 cm³/mol. The topological polar surface area (TPSA) is 86.6 Å². The van der Waals surface area contributed by atoms with Crippen molar-refractivity contribution in [1.82, 2.24) is 0 Å². The summed E-state index contributed by atoms with van der Waals surface area (Å²) in [5.41, 5.74) is -1.60. The second-order valence-electron chi connectivity index (χ2n) is 12.2. The molecule has 0 spiro atoms. The van der Waals surface area contributed by atoms with E-state index in [4.69, 9.17) is 23.7 Å². The van der Waals surface area contributed by atoms with Gasteiger partial charge in [0.05, 0.1) is 72.2 Å². The van der Waals surface area contributed by atoms with Crippen molar-refractivity contribution in [3.05, 3.63) is 0 Å². The standard InChI is InChI=1S/C26H44O7/c1-25(2,27)23-13-11-21(32-23)19-9-7-17(30-19)15-5-6-16(29-15)18-8-10-20(31-18)22-12-14-24(33-22)26(3,4)28/h15-24,27-28H,5-14H2,1-4H3/t15-,16-,17+,18+,19-,20-,21+,22+,23-,24-/m1/s1. The monoisotopic (exact) mass is 468 g/mol. The van der Waals surface area contributed by atoms with Crippen LogP contribution in [-0.4, -0.2) is 82.5 Å². The van der Waals surface area contributed by atoms with Crippen molar-refractivity contribution in [3.8, 4) is 0 Å². The second kappa shape index (κ2) is 9.30. The summed E-state index contributed by atoms with van der Waals surface area (Å²) in [7, 11) is 0. The lowest BCUT2D eigenvalue weighted by Crippen LogP contribution is -2.38. The number of ether oxygens (including phenoxy) is 5. The lowest BCUT2D eigenvalue weighted by Gasteiger charge is -2.28. The Kier molecular flexibility index (Phi) is 6.88. The first kappa shape index (κ1) is 24.4. The molecule has 5 aliphatic rings. The third-order valence-electron chi connectivity index (χ3n) is 8.60. The number of hydrogen-bond acceptors (Lipinski definition) is 7. The molecule has 5 fully saturated rings. The summed E-state index contributed by atoms with van der Waals surface area (Å²) in [6.07, 6.45) is 10.5. The van der Waals surface area contributed by atoms with E-state index < -0.39 is 11.2 Å². The van der Waals surface area contributed by atoms with Crippen LogP contribution in [0.1, 0.15) is 91.9 Å². The van der Waals surface area contributed by atoms with Crippen LogP contribution in [0.2, 0.25) is 0 Å². The number of rotatable bonds is 6. The van der Waals surface area contributed by atoms with E-state index in [0.717, 1.165) is 64.2 Å². The van der Waals surface area contributed by atoms with Crippen LogP contribution >= 0.6 is 0 Å². The Balaban J connectivity index is 1.07. The zero-order valence-corrected chi connectivity index (χ0v) is 20.8. The maximum atomic E-state index is 10.3. The van der Waals surface area contributed by atoms with E-state index in [1.165, 1.54) is 0 Å². The molecule has 0 unspecified atom stereocenters. The van der Waals surface area contributed by atoms with Crippen LogP contribution in [0.15, 0.2) is 0 Å². The lowest BCUT2D eigenvalue weighted by atomic mass is 9.98. The van der Waals surface area contributed by atoms with Gasteiger partial charge in [-0.15, -0.1) is 0 Å². The fourth-order valence-electron chi connectivity index (χ4n) is 6.62. The van der Waals surface area contributed by atoms with E-state index in [1.54, 1.807) is 0 Å². The van der Waals surface area contributed by atoms with Crippen LogP contribution in [0.3, 0.4) is 0 Å². The van der Waals surface area contributed by atoms with E-state index in [9.17, 15) is 10.2 Å². The second-order valence-corrected chi connectivity index (χ2v) is 12.2. The fourth-order valence-corrected chi connectivity index (χ4v) is 6.62. The molecule has 0 saturated carbocycles. The first-order valence-corrected chi connectivity index (χ1v) is 13.3. The molecule has 0 aromatic heterocycles. The average Bonchev–Trinajstić information content (AvgIpc) is 3.56. The van der Waals surface area contributed by atoms with Gasteiger partial charge in [-0.3, -0.25) is 0 Å². The van der Waals surface area contributed by atoms with Gasteiger partial charge in [-0.2, -0.15) is 0 Å². The van der Waals surface area contributed by atoms with Crippen molar-refractivity contribution in [2.24, 2.45) is 0 Å². The minimum atomic E-state index is -0.799. The molecular weight excluding hydrogens is 424 g/mol. The minimum absolute atomic E-state index is 0.0849. The largest absolute Gasteiger partial charge is 0.388 e. The molecule has 0 aromatic carbocycles. The highest BCUT2D eigenvalue weighted by Crippen LogP contribution is 2.41. The van der Waals surface area contributed by atoms with Crippen LogP contribution in [0.5, 0.6) is 0 Å². The molecule has 190 valence electrons. The highest BCUT2D eigenvalue weighted by molar-refractivity contribution is 4.96. The number of aliphatic hydroxyl groups is 2. The van der Waals surface area contributed by atoms with Crippen molar-refractivity contribution < 1.29 is 33.9 Å². The smallest absolute Gasteiger partial charge is 0.0862 e. The summed E-state index contributed by atoms with van der Waals surface area (Å²) in [4.78, 5) is 0. The molecule has 10 atom stereocenters. The molecule has 5 rings (SSSR count). The van der Waals surface area contributed by atoms with E-state index in [-0.39, 0.29) is 61.0 Å². The zero-order valence-electron chi connectivity index (χ0n) is 20.8. The molecule has 7 heteroatoms. The fraction of sp³-hybridized carbons (Fsp3) is 1.00. The molecule has 0 aromatic rings. The van der Waals surface area contributed by atoms with E-state index in [1.807, 2.05) is 27.7 Å². The highest BCUT2D eigenvalue weighted by Gasteiger charge is 2.47. The summed E-state index contributed by atoms with van der Waals surface area (Å²) in [5.74, 6) is 0. The van der Waals surface area contributed by atoms with Gasteiger partial charge in [0.2, 0.25) is 0 Å². The zero-order chi connectivity index (χ0) is 23.4. The molecular formula is C26H44O7. The van der Waals surface area contributed by atoms with Gasteiger partial charge in [0.1, 0.15) is 0 Å². The molecule has 0 radical (unpaired) electrons. The molecule has 33 heavy (non-hydrogen) atoms. The van der Waals surface area contributed by atoms with Gasteiger partial charge >= 0.3 is 0 Å². The Morgan fingerprint density at radius 3 is 0.818 bits per heavy atom. The maximum absolute atomic E-state index is 10.3. The SMILES string of the molecule is CC(C)(O)[C@H]1CC[C@@H]([C@H]2CC[C@@H]([C@H]3CC[C@H]([C@@H]4CC[C@H]([C@@H]5CC[C@H](C(C)(C)O)O5)O4)O3)O2)O1. The Hall–Kier alpha value is -0.280. The highest BCUT2D eigenvalue weighted by atomic mass is 16.6. The molecule has 5 heterocycles. The van der Waals surface area contributed by atoms with E-state index in [0.29, 0.717) is 0 Å². The Labute approximate surface area is 198 Å². The van der Waals surface area contributed by atoms with Crippen LogP contribution in [0.25, 0.3) is 0 Å². The van der Waals surface area contributed by atoms with Gasteiger partial charge < -0.3 is 33.9 Å². The van der Waals surface area contributed by atoms with Crippen molar-refractivity contribution in [2.75, 3.05) is 0 Å². The van der Waals surface area contributed by atoms with Gasteiger partial charge in [0.25, 0.3) is 0 Å².